The Morgan fingerprint density at radius 1 is 1.19 bits per heavy atom. The molecule has 32 heavy (non-hydrogen) atoms. The molecule has 1 aliphatic heterocycles. The normalized spacial score (nSPS) is 16.2. The van der Waals surface area contributed by atoms with Crippen LogP contribution in [0.2, 0.25) is 5.02 Å². The van der Waals surface area contributed by atoms with Crippen molar-refractivity contribution in [2.75, 3.05) is 6.61 Å². The number of benzene rings is 2. The second kappa shape index (κ2) is 9.51. The molecule has 0 saturated heterocycles. The Kier molecular flexibility index (Phi) is 6.53. The van der Waals surface area contributed by atoms with Crippen LogP contribution in [0.15, 0.2) is 81.7 Å². The van der Waals surface area contributed by atoms with Crippen LogP contribution in [0.3, 0.4) is 0 Å². The summed E-state index contributed by atoms with van der Waals surface area (Å²) in [6.07, 6.45) is 5.54. The van der Waals surface area contributed by atoms with Crippen LogP contribution >= 0.6 is 22.9 Å². The summed E-state index contributed by atoms with van der Waals surface area (Å²) >= 11 is 7.38. The Bertz CT molecular complexity index is 1400. The zero-order valence-corrected chi connectivity index (χ0v) is 19.2. The monoisotopic (exact) mass is 464 g/mol. The van der Waals surface area contributed by atoms with Gasteiger partial charge in [-0.3, -0.25) is 9.36 Å². The third-order valence-electron chi connectivity index (χ3n) is 4.98. The fourth-order valence-electron chi connectivity index (χ4n) is 3.53. The van der Waals surface area contributed by atoms with Crippen molar-refractivity contribution < 1.29 is 9.53 Å². The van der Waals surface area contributed by atoms with Gasteiger partial charge in [0, 0.05) is 5.02 Å². The molecule has 1 aromatic heterocycles. The van der Waals surface area contributed by atoms with Crippen molar-refractivity contribution in [3.05, 3.63) is 108 Å². The minimum absolute atomic E-state index is 0.217. The molecule has 2 aromatic carbocycles. The number of carbonyl (C=O) groups excluding carboxylic acids is 1. The predicted octanol–water partition coefficient (Wildman–Crippen LogP) is 4.12. The van der Waals surface area contributed by atoms with Gasteiger partial charge in [0.15, 0.2) is 4.80 Å². The summed E-state index contributed by atoms with van der Waals surface area (Å²) in [5.41, 5.74) is 2.47. The fourth-order valence-corrected chi connectivity index (χ4v) is 4.78. The van der Waals surface area contributed by atoms with E-state index in [1.165, 1.54) is 11.3 Å². The number of esters is 1. The van der Waals surface area contributed by atoms with Gasteiger partial charge in [-0.15, -0.1) is 0 Å². The van der Waals surface area contributed by atoms with Gasteiger partial charge < -0.3 is 4.74 Å². The van der Waals surface area contributed by atoms with Crippen molar-refractivity contribution in [1.29, 1.82) is 0 Å². The molecule has 0 radical (unpaired) electrons. The third-order valence-corrected chi connectivity index (χ3v) is 6.19. The topological polar surface area (TPSA) is 60.7 Å². The standard InChI is InChI=1S/C25H21ClN2O3S/c1-3-31-24(30)22-16(2)27-25-28(20(22)13-12-17-8-5-4-6-9-17)23(29)21(32-25)15-18-10-7-11-19(26)14-18/h4-15,20H,3H2,1-2H3/b13-12+,21-15-/t20-/m0/s1. The number of halogens is 1. The fraction of sp³-hybridized carbons (Fsp3) is 0.160. The SMILES string of the molecule is CCOC(=O)C1=C(C)N=c2s/c(=C\c3cccc(Cl)c3)c(=O)n2[C@H]1/C=C/c1ccccc1. The molecule has 0 unspecified atom stereocenters. The highest BCUT2D eigenvalue weighted by molar-refractivity contribution is 7.07. The summed E-state index contributed by atoms with van der Waals surface area (Å²) in [6.45, 7) is 3.76. The first-order chi connectivity index (χ1) is 15.5. The quantitative estimate of drug-likeness (QED) is 0.534. The van der Waals surface area contributed by atoms with Crippen molar-refractivity contribution in [3.63, 3.8) is 0 Å². The van der Waals surface area contributed by atoms with Crippen molar-refractivity contribution in [3.8, 4) is 0 Å². The summed E-state index contributed by atoms with van der Waals surface area (Å²) in [5.74, 6) is -0.472. The maximum absolute atomic E-state index is 13.4. The van der Waals surface area contributed by atoms with Crippen LogP contribution in [-0.2, 0) is 9.53 Å². The highest BCUT2D eigenvalue weighted by Crippen LogP contribution is 2.26. The van der Waals surface area contributed by atoms with Crippen molar-refractivity contribution in [2.45, 2.75) is 19.9 Å². The number of allylic oxidation sites excluding steroid dienone is 2. The first-order valence-corrected chi connectivity index (χ1v) is 11.4. The molecule has 162 valence electrons. The lowest BCUT2D eigenvalue weighted by Crippen LogP contribution is -2.38. The number of aromatic nitrogens is 1. The van der Waals surface area contributed by atoms with Gasteiger partial charge in [0.25, 0.3) is 5.56 Å². The van der Waals surface area contributed by atoms with Crippen LogP contribution in [-0.4, -0.2) is 17.1 Å². The number of hydrogen-bond acceptors (Lipinski definition) is 5. The Balaban J connectivity index is 1.88. The molecule has 0 bridgehead atoms. The molecule has 0 saturated carbocycles. The Hall–Kier alpha value is -3.22. The molecule has 7 heteroatoms. The van der Waals surface area contributed by atoms with Crippen molar-refractivity contribution >= 4 is 41.1 Å². The van der Waals surface area contributed by atoms with E-state index in [2.05, 4.69) is 4.99 Å². The van der Waals surface area contributed by atoms with E-state index in [4.69, 9.17) is 16.3 Å². The van der Waals surface area contributed by atoms with E-state index >= 15 is 0 Å². The largest absolute Gasteiger partial charge is 0.463 e. The van der Waals surface area contributed by atoms with E-state index in [9.17, 15) is 9.59 Å². The van der Waals surface area contributed by atoms with Gasteiger partial charge in [0.1, 0.15) is 0 Å². The molecule has 1 atom stereocenters. The molecule has 2 heterocycles. The number of carbonyl (C=O) groups is 1. The van der Waals surface area contributed by atoms with Gasteiger partial charge in [0.2, 0.25) is 0 Å². The molecule has 1 aliphatic rings. The number of nitrogens with zero attached hydrogens (tertiary/aromatic N) is 2. The smallest absolute Gasteiger partial charge is 0.338 e. The first kappa shape index (κ1) is 22.0. The summed E-state index contributed by atoms with van der Waals surface area (Å²) in [7, 11) is 0. The van der Waals surface area contributed by atoms with E-state index in [1.807, 2.05) is 54.6 Å². The Morgan fingerprint density at radius 3 is 2.66 bits per heavy atom. The average molecular weight is 465 g/mol. The lowest BCUT2D eigenvalue weighted by Gasteiger charge is -2.21. The number of fused-ring (bicyclic) bond motifs is 1. The van der Waals surface area contributed by atoms with Gasteiger partial charge in [-0.25, -0.2) is 9.79 Å². The van der Waals surface area contributed by atoms with Gasteiger partial charge >= 0.3 is 5.97 Å². The predicted molar refractivity (Wildman–Crippen MR) is 128 cm³/mol. The van der Waals surface area contributed by atoms with Crippen molar-refractivity contribution in [2.24, 2.45) is 4.99 Å². The van der Waals surface area contributed by atoms with Gasteiger partial charge in [-0.05, 0) is 43.2 Å². The molecule has 0 spiro atoms. The summed E-state index contributed by atoms with van der Waals surface area (Å²) in [4.78, 5) is 31.3. The van der Waals surface area contributed by atoms with E-state index in [1.54, 1.807) is 36.6 Å². The highest BCUT2D eigenvalue weighted by atomic mass is 35.5. The van der Waals surface area contributed by atoms with Crippen LogP contribution in [0, 0.1) is 0 Å². The molecule has 0 aliphatic carbocycles. The lowest BCUT2D eigenvalue weighted by molar-refractivity contribution is -0.139. The van der Waals surface area contributed by atoms with E-state index in [-0.39, 0.29) is 12.2 Å². The van der Waals surface area contributed by atoms with E-state index < -0.39 is 12.0 Å². The summed E-state index contributed by atoms with van der Waals surface area (Å²) in [5, 5.41) is 0.593. The molecule has 4 rings (SSSR count). The third kappa shape index (κ3) is 4.52. The van der Waals surface area contributed by atoms with Crippen molar-refractivity contribution in [1.82, 2.24) is 4.57 Å². The molecule has 5 nitrogen and oxygen atoms in total. The van der Waals surface area contributed by atoms with Gasteiger partial charge in [-0.1, -0.05) is 77.6 Å². The second-order valence-electron chi connectivity index (χ2n) is 7.17. The number of hydrogen-bond donors (Lipinski definition) is 0. The van der Waals surface area contributed by atoms with E-state index in [0.29, 0.717) is 25.6 Å². The average Bonchev–Trinajstić information content (AvgIpc) is 3.07. The first-order valence-electron chi connectivity index (χ1n) is 10.2. The Labute approximate surface area is 194 Å². The zero-order chi connectivity index (χ0) is 22.7. The van der Waals surface area contributed by atoms with E-state index in [0.717, 1.165) is 11.1 Å². The van der Waals surface area contributed by atoms with Crippen LogP contribution in [0.25, 0.3) is 12.2 Å². The van der Waals surface area contributed by atoms with Crippen LogP contribution < -0.4 is 14.9 Å². The van der Waals surface area contributed by atoms with Crippen LogP contribution in [0.4, 0.5) is 0 Å². The van der Waals surface area contributed by atoms with Crippen LogP contribution in [0.1, 0.15) is 31.0 Å². The highest BCUT2D eigenvalue weighted by Gasteiger charge is 2.30. The summed E-state index contributed by atoms with van der Waals surface area (Å²) in [6, 6.07) is 16.4. The number of rotatable bonds is 5. The molecule has 0 fully saturated rings. The second-order valence-corrected chi connectivity index (χ2v) is 8.61. The number of thiazole rings is 1. The molecule has 0 amide bonds. The van der Waals surface area contributed by atoms with Gasteiger partial charge in [0.05, 0.1) is 28.5 Å². The maximum Gasteiger partial charge on any atom is 0.338 e. The molecule has 3 aromatic rings. The maximum atomic E-state index is 13.4. The molecular formula is C25H21ClN2O3S. The minimum atomic E-state index is -0.619. The molecular weight excluding hydrogens is 444 g/mol. The van der Waals surface area contributed by atoms with Crippen LogP contribution in [0.5, 0.6) is 0 Å². The zero-order valence-electron chi connectivity index (χ0n) is 17.6. The van der Waals surface area contributed by atoms with Gasteiger partial charge in [-0.2, -0.15) is 0 Å². The minimum Gasteiger partial charge on any atom is -0.463 e. The lowest BCUT2D eigenvalue weighted by atomic mass is 10.0. The summed E-state index contributed by atoms with van der Waals surface area (Å²) < 4.78 is 7.35. The Morgan fingerprint density at radius 2 is 1.94 bits per heavy atom. The number of ether oxygens (including phenoxy) is 1. The molecule has 0 N–H and O–H groups in total.